The summed E-state index contributed by atoms with van der Waals surface area (Å²) in [6.07, 6.45) is 3.70. The third kappa shape index (κ3) is 3.88. The Kier molecular flexibility index (Phi) is 5.70. The predicted molar refractivity (Wildman–Crippen MR) is 109 cm³/mol. The maximum absolute atomic E-state index is 14.4. The van der Waals surface area contributed by atoms with Crippen molar-refractivity contribution in [2.75, 3.05) is 6.54 Å². The standard InChI is InChI=1S/C23H24F2N2O3/c24-16-7-5-8-17(25)21(16)23(12-3-4-13-23)15-26-20(28)11-6-14-27-18-9-1-2-10-19(18)30-22(27)29/h1-2,5,7-10H,3-4,6,11-15H2,(H,26,28). The molecule has 158 valence electrons. The number of carbonyl (C=O) groups is 1. The van der Waals surface area contributed by atoms with Crippen LogP contribution in [0.1, 0.15) is 44.1 Å². The van der Waals surface area contributed by atoms with Gasteiger partial charge in [-0.05, 0) is 43.5 Å². The number of aryl methyl sites for hydroxylation is 1. The second-order valence-corrected chi connectivity index (χ2v) is 7.95. The Balaban J connectivity index is 1.38. The van der Waals surface area contributed by atoms with Gasteiger partial charge in [0.05, 0.1) is 5.52 Å². The summed E-state index contributed by atoms with van der Waals surface area (Å²) in [7, 11) is 0. The maximum atomic E-state index is 14.4. The molecule has 0 spiro atoms. The van der Waals surface area contributed by atoms with Crippen molar-refractivity contribution >= 4 is 17.0 Å². The van der Waals surface area contributed by atoms with E-state index >= 15 is 0 Å². The van der Waals surface area contributed by atoms with Gasteiger partial charge >= 0.3 is 5.76 Å². The molecule has 0 atom stereocenters. The average Bonchev–Trinajstić information content (AvgIpc) is 3.32. The summed E-state index contributed by atoms with van der Waals surface area (Å²) in [5, 5.41) is 2.87. The van der Waals surface area contributed by atoms with Crippen molar-refractivity contribution < 1.29 is 18.0 Å². The van der Waals surface area contributed by atoms with Gasteiger partial charge in [0.1, 0.15) is 11.6 Å². The summed E-state index contributed by atoms with van der Waals surface area (Å²) in [6.45, 7) is 0.564. The molecule has 0 unspecified atom stereocenters. The molecule has 1 aliphatic rings. The number of halogens is 2. The predicted octanol–water partition coefficient (Wildman–Crippen LogP) is 4.28. The first-order valence-corrected chi connectivity index (χ1v) is 10.3. The van der Waals surface area contributed by atoms with Gasteiger partial charge in [-0.15, -0.1) is 0 Å². The van der Waals surface area contributed by atoms with Crippen molar-refractivity contribution in [2.24, 2.45) is 0 Å². The van der Waals surface area contributed by atoms with Crippen molar-refractivity contribution in [3.05, 3.63) is 70.2 Å². The van der Waals surface area contributed by atoms with E-state index in [0.29, 0.717) is 36.9 Å². The number of nitrogens with zero attached hydrogens (tertiary/aromatic N) is 1. The molecule has 3 aromatic rings. The first-order valence-electron chi connectivity index (χ1n) is 10.3. The van der Waals surface area contributed by atoms with E-state index < -0.39 is 22.8 Å². The highest BCUT2D eigenvalue weighted by Gasteiger charge is 2.40. The van der Waals surface area contributed by atoms with Crippen LogP contribution in [0.15, 0.2) is 51.7 Å². The second kappa shape index (κ2) is 8.42. The van der Waals surface area contributed by atoms with Gasteiger partial charge in [-0.1, -0.05) is 31.0 Å². The molecule has 1 fully saturated rings. The van der Waals surface area contributed by atoms with Crippen LogP contribution in [-0.2, 0) is 16.8 Å². The molecular weight excluding hydrogens is 390 g/mol. The van der Waals surface area contributed by atoms with E-state index in [1.54, 1.807) is 18.2 Å². The third-order valence-corrected chi connectivity index (χ3v) is 6.04. The molecule has 0 bridgehead atoms. The van der Waals surface area contributed by atoms with E-state index in [2.05, 4.69) is 5.32 Å². The number of carbonyl (C=O) groups excluding carboxylic acids is 1. The number of hydrogen-bond acceptors (Lipinski definition) is 3. The zero-order chi connectivity index (χ0) is 21.1. The molecule has 2 aromatic carbocycles. The first kappa shape index (κ1) is 20.3. The van der Waals surface area contributed by atoms with Gasteiger partial charge in [0.25, 0.3) is 0 Å². The van der Waals surface area contributed by atoms with Crippen LogP contribution < -0.4 is 11.1 Å². The number of nitrogens with one attached hydrogen (secondary N) is 1. The van der Waals surface area contributed by atoms with Crippen LogP contribution >= 0.6 is 0 Å². The molecule has 7 heteroatoms. The van der Waals surface area contributed by atoms with Gasteiger partial charge in [-0.3, -0.25) is 9.36 Å². The monoisotopic (exact) mass is 414 g/mol. The molecular formula is C23H24F2N2O3. The lowest BCUT2D eigenvalue weighted by atomic mass is 9.78. The van der Waals surface area contributed by atoms with Gasteiger partial charge in [0.2, 0.25) is 5.91 Å². The van der Waals surface area contributed by atoms with E-state index in [4.69, 9.17) is 4.42 Å². The number of para-hydroxylation sites is 2. The van der Waals surface area contributed by atoms with Crippen LogP contribution in [0, 0.1) is 11.6 Å². The summed E-state index contributed by atoms with van der Waals surface area (Å²) in [6, 6.07) is 11.0. The number of aromatic nitrogens is 1. The molecule has 0 radical (unpaired) electrons. The average molecular weight is 414 g/mol. The van der Waals surface area contributed by atoms with Gasteiger partial charge in [0.15, 0.2) is 5.58 Å². The number of amides is 1. The highest BCUT2D eigenvalue weighted by molar-refractivity contribution is 5.76. The van der Waals surface area contributed by atoms with E-state index in [0.717, 1.165) is 12.8 Å². The van der Waals surface area contributed by atoms with Crippen LogP contribution in [-0.4, -0.2) is 17.0 Å². The highest BCUT2D eigenvalue weighted by Crippen LogP contribution is 2.42. The SMILES string of the molecule is O=C(CCCn1c(=O)oc2ccccc21)NCC1(c2c(F)cccc2F)CCCC1. The van der Waals surface area contributed by atoms with Gasteiger partial charge < -0.3 is 9.73 Å². The molecule has 1 amide bonds. The summed E-state index contributed by atoms with van der Waals surface area (Å²) < 4.78 is 35.5. The zero-order valence-corrected chi connectivity index (χ0v) is 16.6. The molecule has 0 aliphatic heterocycles. The topological polar surface area (TPSA) is 64.2 Å². The lowest BCUT2D eigenvalue weighted by Crippen LogP contribution is -2.40. The van der Waals surface area contributed by atoms with Gasteiger partial charge in [-0.25, -0.2) is 13.6 Å². The number of hydrogen-bond donors (Lipinski definition) is 1. The molecule has 1 N–H and O–H groups in total. The normalized spacial score (nSPS) is 15.5. The number of oxazole rings is 1. The maximum Gasteiger partial charge on any atom is 0.419 e. The Morgan fingerprint density at radius 2 is 1.77 bits per heavy atom. The molecule has 0 saturated heterocycles. The smallest absolute Gasteiger partial charge is 0.408 e. The lowest BCUT2D eigenvalue weighted by molar-refractivity contribution is -0.121. The molecule has 30 heavy (non-hydrogen) atoms. The van der Waals surface area contributed by atoms with Gasteiger partial charge in [-0.2, -0.15) is 0 Å². The minimum absolute atomic E-state index is 0.0826. The molecule has 1 saturated carbocycles. The third-order valence-electron chi connectivity index (χ3n) is 6.04. The van der Waals surface area contributed by atoms with E-state index in [9.17, 15) is 18.4 Å². The van der Waals surface area contributed by atoms with Crippen molar-refractivity contribution in [1.82, 2.24) is 9.88 Å². The van der Waals surface area contributed by atoms with Crippen LogP contribution in [0.2, 0.25) is 0 Å². The summed E-state index contributed by atoms with van der Waals surface area (Å²) in [4.78, 5) is 24.4. The Hall–Kier alpha value is -2.96. The van der Waals surface area contributed by atoms with E-state index in [-0.39, 0.29) is 24.4 Å². The fraction of sp³-hybridized carbons (Fsp3) is 0.391. The van der Waals surface area contributed by atoms with Crippen LogP contribution in [0.25, 0.3) is 11.1 Å². The Labute approximate surface area is 172 Å². The van der Waals surface area contributed by atoms with Crippen molar-refractivity contribution in [2.45, 2.75) is 50.5 Å². The number of rotatable bonds is 7. The van der Waals surface area contributed by atoms with Crippen LogP contribution in [0.4, 0.5) is 8.78 Å². The quantitative estimate of drug-likeness (QED) is 0.628. The molecule has 1 heterocycles. The van der Waals surface area contributed by atoms with Crippen molar-refractivity contribution in [3.8, 4) is 0 Å². The Morgan fingerprint density at radius 1 is 1.07 bits per heavy atom. The van der Waals surface area contributed by atoms with Gasteiger partial charge in [0, 0.05) is 30.5 Å². The van der Waals surface area contributed by atoms with Crippen molar-refractivity contribution in [3.63, 3.8) is 0 Å². The summed E-state index contributed by atoms with van der Waals surface area (Å²) in [5.74, 6) is -1.76. The summed E-state index contributed by atoms with van der Waals surface area (Å²) in [5.41, 5.74) is 0.590. The fourth-order valence-corrected chi connectivity index (χ4v) is 4.55. The highest BCUT2D eigenvalue weighted by atomic mass is 19.1. The minimum atomic E-state index is -0.706. The fourth-order valence-electron chi connectivity index (χ4n) is 4.55. The van der Waals surface area contributed by atoms with Crippen molar-refractivity contribution in [1.29, 1.82) is 0 Å². The minimum Gasteiger partial charge on any atom is -0.408 e. The molecule has 1 aliphatic carbocycles. The van der Waals surface area contributed by atoms with E-state index in [1.165, 1.54) is 22.8 Å². The second-order valence-electron chi connectivity index (χ2n) is 7.95. The Bertz CT molecular complexity index is 1090. The molecule has 4 rings (SSSR count). The summed E-state index contributed by atoms with van der Waals surface area (Å²) >= 11 is 0. The van der Waals surface area contributed by atoms with Crippen LogP contribution in [0.5, 0.6) is 0 Å². The lowest BCUT2D eigenvalue weighted by Gasteiger charge is -2.30. The zero-order valence-electron chi connectivity index (χ0n) is 16.6. The number of benzene rings is 2. The molecule has 1 aromatic heterocycles. The number of fused-ring (bicyclic) bond motifs is 1. The van der Waals surface area contributed by atoms with Crippen LogP contribution in [0.3, 0.4) is 0 Å². The Morgan fingerprint density at radius 3 is 2.50 bits per heavy atom. The largest absolute Gasteiger partial charge is 0.419 e. The van der Waals surface area contributed by atoms with E-state index in [1.807, 2.05) is 6.07 Å². The first-order chi connectivity index (χ1) is 14.5. The molecule has 5 nitrogen and oxygen atoms in total.